The summed E-state index contributed by atoms with van der Waals surface area (Å²) in [6, 6.07) is 11.8. The second-order valence-electron chi connectivity index (χ2n) is 16.1. The number of hydrogen-bond donors (Lipinski definition) is 2. The van der Waals surface area contributed by atoms with Crippen LogP contribution in [0.5, 0.6) is 5.75 Å². The first kappa shape index (κ1) is 31.1. The largest absolute Gasteiger partial charge is 0.507 e. The number of aromatic amines is 1. The van der Waals surface area contributed by atoms with Crippen LogP contribution in [0.2, 0.25) is 0 Å². The lowest BCUT2D eigenvalue weighted by molar-refractivity contribution is -0.113. The summed E-state index contributed by atoms with van der Waals surface area (Å²) in [6.07, 6.45) is 8.32. The topological polar surface area (TPSA) is 101 Å². The highest BCUT2D eigenvalue weighted by Crippen LogP contribution is 2.51. The summed E-state index contributed by atoms with van der Waals surface area (Å²) < 4.78 is 5.57. The SMILES string of the molecule is C[C@@H]1c2c([nH]c3nnc(-c4ccccc4O)cc23)CCN1C1CCN(C2CCN(C3CC4(C3)CN(C(=O)OC(C)(C)C)C4)CC2)CC1. The van der Waals surface area contributed by atoms with Gasteiger partial charge in [-0.1, -0.05) is 12.1 Å². The zero-order chi connectivity index (χ0) is 32.5. The molecule has 3 aromatic rings. The number of phenolic OH excluding ortho intramolecular Hbond substituents is 1. The Bertz CT molecular complexity index is 1620. The lowest BCUT2D eigenvalue weighted by Crippen LogP contribution is -2.68. The number of aromatic nitrogens is 3. The highest BCUT2D eigenvalue weighted by Gasteiger charge is 2.56. The van der Waals surface area contributed by atoms with Gasteiger partial charge >= 0.3 is 6.09 Å². The normalized spacial score (nSPS) is 25.1. The van der Waals surface area contributed by atoms with E-state index in [0.29, 0.717) is 35.3 Å². The smallest absolute Gasteiger partial charge is 0.410 e. The molecule has 4 aliphatic heterocycles. The molecule has 47 heavy (non-hydrogen) atoms. The minimum absolute atomic E-state index is 0.150. The van der Waals surface area contributed by atoms with Crippen LogP contribution in [0.3, 0.4) is 0 Å². The number of amides is 1. The van der Waals surface area contributed by atoms with Gasteiger partial charge in [-0.25, -0.2) is 4.79 Å². The number of para-hydroxylation sites is 1. The van der Waals surface area contributed by atoms with Gasteiger partial charge in [0.1, 0.15) is 11.4 Å². The van der Waals surface area contributed by atoms with Crippen LogP contribution < -0.4 is 0 Å². The maximum absolute atomic E-state index is 12.4. The maximum atomic E-state index is 12.4. The Labute approximate surface area is 278 Å². The summed E-state index contributed by atoms with van der Waals surface area (Å²) in [5.74, 6) is 0.232. The molecule has 252 valence electrons. The van der Waals surface area contributed by atoms with Gasteiger partial charge in [-0.2, -0.15) is 0 Å². The monoisotopic (exact) mass is 641 g/mol. The molecule has 10 heteroatoms. The second kappa shape index (κ2) is 11.7. The summed E-state index contributed by atoms with van der Waals surface area (Å²) in [6.45, 7) is 15.8. The van der Waals surface area contributed by atoms with Crippen LogP contribution in [-0.4, -0.2) is 116 Å². The minimum Gasteiger partial charge on any atom is -0.507 e. The summed E-state index contributed by atoms with van der Waals surface area (Å²) in [7, 11) is 0. The van der Waals surface area contributed by atoms with Gasteiger partial charge in [-0.3, -0.25) is 4.90 Å². The molecule has 10 nitrogen and oxygen atoms in total. The number of nitrogens with zero attached hydrogens (tertiary/aromatic N) is 6. The number of nitrogens with one attached hydrogen (secondary N) is 1. The van der Waals surface area contributed by atoms with Crippen molar-refractivity contribution in [1.29, 1.82) is 0 Å². The highest BCUT2D eigenvalue weighted by molar-refractivity contribution is 5.86. The average Bonchev–Trinajstić information content (AvgIpc) is 3.38. The van der Waals surface area contributed by atoms with Gasteiger partial charge in [0.05, 0.1) is 5.69 Å². The molecule has 1 saturated carbocycles. The van der Waals surface area contributed by atoms with Crippen molar-refractivity contribution in [3.63, 3.8) is 0 Å². The predicted octanol–water partition coefficient (Wildman–Crippen LogP) is 5.58. The van der Waals surface area contributed by atoms with Gasteiger partial charge in [0, 0.05) is 72.3 Å². The number of likely N-dealkylation sites (tertiary alicyclic amines) is 3. The van der Waals surface area contributed by atoms with Gasteiger partial charge in [0.15, 0.2) is 5.65 Å². The van der Waals surface area contributed by atoms with Crippen molar-refractivity contribution in [3.05, 3.63) is 41.6 Å². The Hall–Kier alpha value is -3.21. The van der Waals surface area contributed by atoms with E-state index in [0.717, 1.165) is 42.7 Å². The molecule has 0 bridgehead atoms. The van der Waals surface area contributed by atoms with Crippen molar-refractivity contribution < 1.29 is 14.6 Å². The molecule has 1 atom stereocenters. The van der Waals surface area contributed by atoms with Crippen LogP contribution in [-0.2, 0) is 11.2 Å². The molecule has 1 amide bonds. The Morgan fingerprint density at radius 1 is 0.936 bits per heavy atom. The predicted molar refractivity (Wildman–Crippen MR) is 182 cm³/mol. The first-order chi connectivity index (χ1) is 22.6. The maximum Gasteiger partial charge on any atom is 0.410 e. The molecule has 1 aromatic carbocycles. The summed E-state index contributed by atoms with van der Waals surface area (Å²) in [5, 5.41) is 20.5. The standard InChI is InChI=1S/C37H51N7O3/c1-24-33-29-19-31(28-7-5-6-8-32(28)45)39-40-34(29)38-30(33)13-18-44(24)26-11-16-41(17-12-26)25-9-14-42(15-10-25)27-20-37(21-27)22-43(23-37)35(46)47-36(2,3)4/h5-8,19,24-27,45H,9-18,20-23H2,1-4H3,(H,38,40)/t24-/m1/s1. The number of benzene rings is 1. The quantitative estimate of drug-likeness (QED) is 0.381. The number of H-pyrrole nitrogens is 1. The van der Waals surface area contributed by atoms with Gasteiger partial charge in [0.2, 0.25) is 0 Å². The van der Waals surface area contributed by atoms with Crippen LogP contribution >= 0.6 is 0 Å². The van der Waals surface area contributed by atoms with E-state index >= 15 is 0 Å². The molecule has 1 aliphatic carbocycles. The van der Waals surface area contributed by atoms with E-state index in [1.54, 1.807) is 6.07 Å². The average molecular weight is 642 g/mol. The first-order valence-corrected chi connectivity index (χ1v) is 17.9. The molecule has 8 rings (SSSR count). The number of hydrogen-bond acceptors (Lipinski definition) is 8. The van der Waals surface area contributed by atoms with E-state index in [1.165, 1.54) is 76.0 Å². The van der Waals surface area contributed by atoms with Crippen molar-refractivity contribution in [2.45, 2.75) is 102 Å². The van der Waals surface area contributed by atoms with Gasteiger partial charge < -0.3 is 29.5 Å². The summed E-state index contributed by atoms with van der Waals surface area (Å²) in [4.78, 5) is 26.1. The number of ether oxygens (including phenoxy) is 1. The van der Waals surface area contributed by atoms with E-state index in [1.807, 2.05) is 43.9 Å². The van der Waals surface area contributed by atoms with Crippen molar-refractivity contribution in [1.82, 2.24) is 34.8 Å². The van der Waals surface area contributed by atoms with E-state index < -0.39 is 5.60 Å². The van der Waals surface area contributed by atoms with Crippen LogP contribution in [0.15, 0.2) is 30.3 Å². The second-order valence-corrected chi connectivity index (χ2v) is 16.1. The zero-order valence-electron chi connectivity index (χ0n) is 28.5. The fourth-order valence-electron chi connectivity index (χ4n) is 9.53. The molecule has 4 fully saturated rings. The minimum atomic E-state index is -0.424. The number of phenols is 1. The molecule has 5 aliphatic rings. The number of piperidine rings is 2. The number of aromatic hydroxyl groups is 1. The van der Waals surface area contributed by atoms with Crippen LogP contribution in [0.25, 0.3) is 22.3 Å². The number of carbonyl (C=O) groups excluding carboxylic acids is 1. The van der Waals surface area contributed by atoms with E-state index in [-0.39, 0.29) is 11.8 Å². The van der Waals surface area contributed by atoms with E-state index in [4.69, 9.17) is 4.74 Å². The highest BCUT2D eigenvalue weighted by atomic mass is 16.6. The van der Waals surface area contributed by atoms with E-state index in [2.05, 4.69) is 42.9 Å². The number of carbonyl (C=O) groups is 1. The molecule has 0 radical (unpaired) electrons. The van der Waals surface area contributed by atoms with Crippen LogP contribution in [0.4, 0.5) is 4.79 Å². The van der Waals surface area contributed by atoms with Gasteiger partial charge in [-0.05, 0) is 116 Å². The van der Waals surface area contributed by atoms with Crippen molar-refractivity contribution in [2.24, 2.45) is 5.41 Å². The molecule has 2 N–H and O–H groups in total. The molecular weight excluding hydrogens is 590 g/mol. The zero-order valence-corrected chi connectivity index (χ0v) is 28.5. The molecule has 2 aromatic heterocycles. The van der Waals surface area contributed by atoms with Crippen LogP contribution in [0.1, 0.15) is 83.5 Å². The third kappa shape index (κ3) is 5.80. The summed E-state index contributed by atoms with van der Waals surface area (Å²) >= 11 is 0. The van der Waals surface area contributed by atoms with Gasteiger partial charge in [-0.15, -0.1) is 10.2 Å². The van der Waals surface area contributed by atoms with Gasteiger partial charge in [0.25, 0.3) is 0 Å². The number of rotatable bonds is 4. The Morgan fingerprint density at radius 3 is 2.28 bits per heavy atom. The lowest BCUT2D eigenvalue weighted by Gasteiger charge is -2.61. The first-order valence-electron chi connectivity index (χ1n) is 17.9. The van der Waals surface area contributed by atoms with Crippen molar-refractivity contribution >= 4 is 17.1 Å². The molecule has 6 heterocycles. The fourth-order valence-corrected chi connectivity index (χ4v) is 9.53. The third-order valence-corrected chi connectivity index (χ3v) is 11.9. The molecule has 1 spiro atoms. The van der Waals surface area contributed by atoms with E-state index in [9.17, 15) is 9.90 Å². The Kier molecular flexibility index (Phi) is 7.76. The van der Waals surface area contributed by atoms with Crippen molar-refractivity contribution in [3.8, 4) is 17.0 Å². The lowest BCUT2D eigenvalue weighted by atomic mass is 9.60. The summed E-state index contributed by atoms with van der Waals surface area (Å²) in [5.41, 5.74) is 4.84. The molecular formula is C37H51N7O3. The Balaban J connectivity index is 0.825. The third-order valence-electron chi connectivity index (χ3n) is 11.9. The number of fused-ring (bicyclic) bond motifs is 3. The van der Waals surface area contributed by atoms with Crippen molar-refractivity contribution in [2.75, 3.05) is 45.8 Å². The molecule has 3 saturated heterocycles. The van der Waals surface area contributed by atoms with Crippen LogP contribution in [0, 0.1) is 5.41 Å². The Morgan fingerprint density at radius 2 is 1.60 bits per heavy atom. The molecule has 0 unspecified atom stereocenters. The fraction of sp³-hybridized carbons (Fsp3) is 0.649.